The number of carboxylic acid groups (broad SMARTS) is 1. The van der Waals surface area contributed by atoms with Gasteiger partial charge < -0.3 is 19.5 Å². The van der Waals surface area contributed by atoms with Gasteiger partial charge in [-0.25, -0.2) is 4.39 Å². The minimum atomic E-state index is -0.647. The molecule has 0 radical (unpaired) electrons. The van der Waals surface area contributed by atoms with Crippen LogP contribution in [-0.2, 0) is 11.2 Å². The van der Waals surface area contributed by atoms with Crippen molar-refractivity contribution in [3.05, 3.63) is 59.3 Å². The van der Waals surface area contributed by atoms with Crippen LogP contribution in [0.2, 0.25) is 0 Å². The number of hydrogen-bond acceptors (Lipinski definition) is 4. The molecule has 1 saturated heterocycles. The van der Waals surface area contributed by atoms with Gasteiger partial charge in [-0.2, -0.15) is 0 Å². The van der Waals surface area contributed by atoms with Gasteiger partial charge in [0.2, 0.25) is 0 Å². The Morgan fingerprint density at radius 2 is 1.85 bits per heavy atom. The van der Waals surface area contributed by atoms with E-state index in [9.17, 15) is 19.1 Å². The van der Waals surface area contributed by atoms with Gasteiger partial charge in [0.05, 0.1) is 28.9 Å². The Hall–Kier alpha value is -3.26. The SMILES string of the molecule is Cc1cncc2c1c(CC1CN(CC3CCC(C(=O)O)CC3)C1)cn2-c1ccc(F)cc1C(=O)N(C)C(C)C. The number of hydrogen-bond donors (Lipinski definition) is 1. The van der Waals surface area contributed by atoms with E-state index in [0.717, 1.165) is 68.2 Å². The lowest BCUT2D eigenvalue weighted by Gasteiger charge is -2.42. The Kier molecular flexibility index (Phi) is 7.76. The van der Waals surface area contributed by atoms with Gasteiger partial charge in [0.1, 0.15) is 5.82 Å². The van der Waals surface area contributed by atoms with Gasteiger partial charge >= 0.3 is 5.97 Å². The Morgan fingerprint density at radius 1 is 1.13 bits per heavy atom. The molecule has 2 aromatic heterocycles. The molecule has 0 atom stereocenters. The number of carbonyl (C=O) groups excluding carboxylic acids is 1. The molecule has 1 aliphatic heterocycles. The summed E-state index contributed by atoms with van der Waals surface area (Å²) in [6.45, 7) is 9.07. The minimum absolute atomic E-state index is 0.0109. The van der Waals surface area contributed by atoms with Crippen molar-refractivity contribution in [3.8, 4) is 5.69 Å². The van der Waals surface area contributed by atoms with Gasteiger partial charge in [-0.15, -0.1) is 0 Å². The lowest BCUT2D eigenvalue weighted by atomic mass is 9.81. The minimum Gasteiger partial charge on any atom is -0.481 e. The zero-order valence-corrected chi connectivity index (χ0v) is 23.4. The molecule has 0 bridgehead atoms. The van der Waals surface area contributed by atoms with E-state index in [0.29, 0.717) is 23.1 Å². The van der Waals surface area contributed by atoms with Crippen LogP contribution in [0.15, 0.2) is 36.8 Å². The maximum Gasteiger partial charge on any atom is 0.306 e. The smallest absolute Gasteiger partial charge is 0.306 e. The van der Waals surface area contributed by atoms with Gasteiger partial charge in [0.15, 0.2) is 0 Å². The fourth-order valence-electron chi connectivity index (χ4n) is 6.33. The quantitative estimate of drug-likeness (QED) is 0.423. The Bertz CT molecular complexity index is 1370. The Balaban J connectivity index is 1.35. The summed E-state index contributed by atoms with van der Waals surface area (Å²) in [5, 5.41) is 10.4. The Labute approximate surface area is 229 Å². The number of fused-ring (bicyclic) bond motifs is 1. The molecule has 39 heavy (non-hydrogen) atoms. The van der Waals surface area contributed by atoms with Crippen molar-refractivity contribution in [2.24, 2.45) is 17.8 Å². The largest absolute Gasteiger partial charge is 0.481 e. The third-order valence-electron chi connectivity index (χ3n) is 8.78. The molecule has 1 N–H and O–H groups in total. The predicted octanol–water partition coefficient (Wildman–Crippen LogP) is 5.32. The molecule has 0 spiro atoms. The van der Waals surface area contributed by atoms with Gasteiger partial charge in [-0.05, 0) is 94.0 Å². The second-order valence-electron chi connectivity index (χ2n) is 11.9. The van der Waals surface area contributed by atoms with Gasteiger partial charge in [-0.1, -0.05) is 0 Å². The standard InChI is InChI=1S/C31H39FN4O3/c1-19(2)34(4)30(37)26-12-25(32)9-10-27(26)36-18-24(29-20(3)13-33-14-28(29)36)11-22-16-35(17-22)15-21-5-7-23(8-6-21)31(38)39/h9-10,12-14,18-19,21-23H,5-8,11,15-17H2,1-4H3,(H,38,39). The van der Waals surface area contributed by atoms with Gasteiger partial charge in [-0.3, -0.25) is 14.6 Å². The second kappa shape index (κ2) is 11.1. The summed E-state index contributed by atoms with van der Waals surface area (Å²) in [5.74, 6) is -0.329. The fraction of sp³-hybridized carbons (Fsp3) is 0.516. The first-order valence-corrected chi connectivity index (χ1v) is 14.1. The summed E-state index contributed by atoms with van der Waals surface area (Å²) in [5.41, 5.74) is 4.22. The average molecular weight is 535 g/mol. The number of benzene rings is 1. The summed E-state index contributed by atoms with van der Waals surface area (Å²) < 4.78 is 16.3. The van der Waals surface area contributed by atoms with Crippen LogP contribution in [0, 0.1) is 30.5 Å². The number of halogens is 1. The molecule has 1 amide bonds. The highest BCUT2D eigenvalue weighted by molar-refractivity contribution is 5.99. The molecule has 1 aliphatic carbocycles. The third kappa shape index (κ3) is 5.57. The van der Waals surface area contributed by atoms with Crippen LogP contribution in [0.4, 0.5) is 4.39 Å². The number of rotatable bonds is 8. The van der Waals surface area contributed by atoms with Crippen molar-refractivity contribution in [2.75, 3.05) is 26.7 Å². The van der Waals surface area contributed by atoms with Crippen molar-refractivity contribution >= 4 is 22.8 Å². The van der Waals surface area contributed by atoms with E-state index in [4.69, 9.17) is 0 Å². The zero-order valence-electron chi connectivity index (χ0n) is 23.4. The molecular formula is C31H39FN4O3. The molecule has 208 valence electrons. The molecule has 1 aromatic carbocycles. The summed E-state index contributed by atoms with van der Waals surface area (Å²) in [4.78, 5) is 33.1. The summed E-state index contributed by atoms with van der Waals surface area (Å²) >= 11 is 0. The molecule has 0 unspecified atom stereocenters. The van der Waals surface area contributed by atoms with Crippen LogP contribution in [0.1, 0.15) is 61.0 Å². The number of pyridine rings is 1. The summed E-state index contributed by atoms with van der Waals surface area (Å²) in [6.07, 6.45) is 10.3. The lowest BCUT2D eigenvalue weighted by Crippen LogP contribution is -2.49. The molecule has 8 heteroatoms. The maximum atomic E-state index is 14.3. The first-order chi connectivity index (χ1) is 18.6. The van der Waals surface area contributed by atoms with Crippen LogP contribution in [-0.4, -0.2) is 69.1 Å². The Morgan fingerprint density at radius 3 is 2.51 bits per heavy atom. The van der Waals surface area contributed by atoms with Crippen LogP contribution in [0.5, 0.6) is 0 Å². The zero-order chi connectivity index (χ0) is 27.8. The molecule has 2 aliphatic rings. The number of nitrogens with zero attached hydrogens (tertiary/aromatic N) is 4. The van der Waals surface area contributed by atoms with Crippen LogP contribution in [0.25, 0.3) is 16.6 Å². The molecule has 2 fully saturated rings. The van der Waals surface area contributed by atoms with Crippen molar-refractivity contribution < 1.29 is 19.1 Å². The highest BCUT2D eigenvalue weighted by Gasteiger charge is 2.32. The monoisotopic (exact) mass is 534 g/mol. The van der Waals surface area contributed by atoms with E-state index in [-0.39, 0.29) is 17.9 Å². The van der Waals surface area contributed by atoms with Crippen molar-refractivity contribution in [2.45, 2.75) is 58.9 Å². The van der Waals surface area contributed by atoms with E-state index < -0.39 is 11.8 Å². The van der Waals surface area contributed by atoms with Gasteiger partial charge in [0, 0.05) is 50.5 Å². The van der Waals surface area contributed by atoms with Crippen LogP contribution < -0.4 is 0 Å². The topological polar surface area (TPSA) is 78.7 Å². The lowest BCUT2D eigenvalue weighted by molar-refractivity contribution is -0.143. The van der Waals surface area contributed by atoms with Crippen LogP contribution >= 0.6 is 0 Å². The van der Waals surface area contributed by atoms with E-state index in [2.05, 4.69) is 23.0 Å². The molecule has 3 heterocycles. The number of aromatic nitrogens is 2. The van der Waals surface area contributed by atoms with E-state index in [1.807, 2.05) is 30.8 Å². The highest BCUT2D eigenvalue weighted by Crippen LogP contribution is 2.34. The number of amides is 1. The summed E-state index contributed by atoms with van der Waals surface area (Å²) in [7, 11) is 1.74. The molecule has 1 saturated carbocycles. The molecule has 7 nitrogen and oxygen atoms in total. The molecule has 3 aromatic rings. The normalized spacial score (nSPS) is 20.4. The van der Waals surface area contributed by atoms with Crippen molar-refractivity contribution in [1.29, 1.82) is 0 Å². The number of carbonyl (C=O) groups is 2. The number of aryl methyl sites for hydroxylation is 1. The van der Waals surface area contributed by atoms with Crippen LogP contribution in [0.3, 0.4) is 0 Å². The second-order valence-corrected chi connectivity index (χ2v) is 11.9. The van der Waals surface area contributed by atoms with Gasteiger partial charge in [0.25, 0.3) is 5.91 Å². The maximum absolute atomic E-state index is 14.3. The molecule has 5 rings (SSSR count). The number of likely N-dealkylation sites (tertiary alicyclic amines) is 1. The first-order valence-electron chi connectivity index (χ1n) is 14.1. The number of aliphatic carboxylic acids is 1. The molecular weight excluding hydrogens is 495 g/mol. The average Bonchev–Trinajstić information content (AvgIpc) is 3.26. The van der Waals surface area contributed by atoms with Crippen molar-refractivity contribution in [3.63, 3.8) is 0 Å². The summed E-state index contributed by atoms with van der Waals surface area (Å²) in [6, 6.07) is 4.42. The first kappa shape index (κ1) is 27.3. The van der Waals surface area contributed by atoms with Crippen molar-refractivity contribution in [1.82, 2.24) is 19.4 Å². The third-order valence-corrected chi connectivity index (χ3v) is 8.78. The highest BCUT2D eigenvalue weighted by atomic mass is 19.1. The predicted molar refractivity (Wildman–Crippen MR) is 150 cm³/mol. The number of carboxylic acids is 1. The van der Waals surface area contributed by atoms with E-state index in [1.54, 1.807) is 18.0 Å². The fourth-order valence-corrected chi connectivity index (χ4v) is 6.33. The van der Waals surface area contributed by atoms with E-state index in [1.165, 1.54) is 17.7 Å². The van der Waals surface area contributed by atoms with E-state index >= 15 is 0 Å².